The van der Waals surface area contributed by atoms with Gasteiger partial charge in [-0.1, -0.05) is 11.6 Å². The van der Waals surface area contributed by atoms with Crippen molar-refractivity contribution in [3.05, 3.63) is 33.0 Å². The number of benzene rings is 1. The van der Waals surface area contributed by atoms with Gasteiger partial charge in [0.1, 0.15) is 5.82 Å². The van der Waals surface area contributed by atoms with E-state index in [0.29, 0.717) is 4.47 Å². The minimum absolute atomic E-state index is 0.00981. The van der Waals surface area contributed by atoms with Crippen LogP contribution in [0.4, 0.5) is 4.39 Å². The van der Waals surface area contributed by atoms with Crippen molar-refractivity contribution in [3.63, 3.8) is 0 Å². The van der Waals surface area contributed by atoms with Crippen molar-refractivity contribution in [2.75, 3.05) is 0 Å². The summed E-state index contributed by atoms with van der Waals surface area (Å²) < 4.78 is 13.5. The SMILES string of the molecule is ONCc1c(Cl)ccc(Br)c1F. The van der Waals surface area contributed by atoms with Crippen LogP contribution >= 0.6 is 27.5 Å². The Kier molecular flexibility index (Phi) is 3.46. The first-order chi connectivity index (χ1) is 5.66. The molecule has 0 aliphatic rings. The molecule has 2 N–H and O–H groups in total. The molecule has 0 aliphatic carbocycles. The first kappa shape index (κ1) is 9.92. The van der Waals surface area contributed by atoms with Crippen LogP contribution in [0, 0.1) is 5.82 Å². The number of hydrogen-bond donors (Lipinski definition) is 2. The van der Waals surface area contributed by atoms with Crippen molar-refractivity contribution in [2.45, 2.75) is 6.54 Å². The fourth-order valence-electron chi connectivity index (χ4n) is 0.810. The van der Waals surface area contributed by atoms with E-state index in [-0.39, 0.29) is 17.1 Å². The standard InChI is InChI=1S/C7H6BrClFNO/c8-5-1-2-6(9)4(3-11-12)7(5)10/h1-2,11-12H,3H2. The van der Waals surface area contributed by atoms with E-state index in [0.717, 1.165) is 0 Å². The number of rotatable bonds is 2. The van der Waals surface area contributed by atoms with E-state index in [2.05, 4.69) is 15.9 Å². The molecular formula is C7H6BrClFNO. The van der Waals surface area contributed by atoms with Crippen molar-refractivity contribution in [2.24, 2.45) is 0 Å². The first-order valence-corrected chi connectivity index (χ1v) is 4.33. The van der Waals surface area contributed by atoms with Crippen LogP contribution in [-0.4, -0.2) is 5.21 Å². The van der Waals surface area contributed by atoms with Crippen molar-refractivity contribution in [1.29, 1.82) is 0 Å². The van der Waals surface area contributed by atoms with Crippen molar-refractivity contribution >= 4 is 27.5 Å². The van der Waals surface area contributed by atoms with Gasteiger partial charge in [-0.25, -0.2) is 9.87 Å². The highest BCUT2D eigenvalue weighted by molar-refractivity contribution is 9.10. The molecule has 0 unspecified atom stereocenters. The summed E-state index contributed by atoms with van der Waals surface area (Å²) in [6.45, 7) is -0.00981. The molecule has 1 aromatic carbocycles. The predicted molar refractivity (Wildman–Crippen MR) is 47.7 cm³/mol. The molecule has 0 saturated carbocycles. The zero-order valence-corrected chi connectivity index (χ0v) is 8.28. The molecule has 0 heterocycles. The zero-order valence-electron chi connectivity index (χ0n) is 5.94. The Balaban J connectivity index is 3.14. The van der Waals surface area contributed by atoms with E-state index in [1.165, 1.54) is 6.07 Å². The summed E-state index contributed by atoms with van der Waals surface area (Å²) in [5.41, 5.74) is 2.09. The normalized spacial score (nSPS) is 10.3. The molecule has 2 nitrogen and oxygen atoms in total. The van der Waals surface area contributed by atoms with E-state index >= 15 is 0 Å². The van der Waals surface area contributed by atoms with Crippen LogP contribution in [0.25, 0.3) is 0 Å². The highest BCUT2D eigenvalue weighted by Crippen LogP contribution is 2.25. The first-order valence-electron chi connectivity index (χ1n) is 3.16. The third kappa shape index (κ3) is 1.95. The number of nitrogens with one attached hydrogen (secondary N) is 1. The average Bonchev–Trinajstić information content (AvgIpc) is 2.06. The molecule has 66 valence electrons. The summed E-state index contributed by atoms with van der Waals surface area (Å²) >= 11 is 8.68. The molecule has 1 aromatic rings. The lowest BCUT2D eigenvalue weighted by Crippen LogP contribution is -2.08. The van der Waals surface area contributed by atoms with Gasteiger partial charge in [0.2, 0.25) is 0 Å². The van der Waals surface area contributed by atoms with Crippen molar-refractivity contribution in [3.8, 4) is 0 Å². The maximum Gasteiger partial charge on any atom is 0.143 e. The quantitative estimate of drug-likeness (QED) is 0.628. The fourth-order valence-corrected chi connectivity index (χ4v) is 1.39. The second kappa shape index (κ2) is 4.18. The lowest BCUT2D eigenvalue weighted by molar-refractivity contribution is 0.160. The van der Waals surface area contributed by atoms with Gasteiger partial charge in [-0.15, -0.1) is 0 Å². The van der Waals surface area contributed by atoms with Gasteiger partial charge in [-0.2, -0.15) is 0 Å². The largest absolute Gasteiger partial charge is 0.316 e. The van der Waals surface area contributed by atoms with Crippen LogP contribution in [0.2, 0.25) is 5.02 Å². The molecule has 0 amide bonds. The molecule has 0 spiro atoms. The van der Waals surface area contributed by atoms with Gasteiger partial charge >= 0.3 is 0 Å². The van der Waals surface area contributed by atoms with Gasteiger partial charge in [0.15, 0.2) is 0 Å². The maximum atomic E-state index is 13.2. The summed E-state index contributed by atoms with van der Waals surface area (Å²) in [6.07, 6.45) is 0. The van der Waals surface area contributed by atoms with Gasteiger partial charge in [-0.3, -0.25) is 0 Å². The van der Waals surface area contributed by atoms with Gasteiger partial charge in [0, 0.05) is 10.6 Å². The van der Waals surface area contributed by atoms with Crippen LogP contribution in [0.15, 0.2) is 16.6 Å². The minimum Gasteiger partial charge on any atom is -0.316 e. The molecule has 0 fully saturated rings. The lowest BCUT2D eigenvalue weighted by atomic mass is 10.2. The number of hydrogen-bond acceptors (Lipinski definition) is 2. The van der Waals surface area contributed by atoms with E-state index in [4.69, 9.17) is 16.8 Å². The van der Waals surface area contributed by atoms with Gasteiger partial charge in [0.05, 0.1) is 11.0 Å². The van der Waals surface area contributed by atoms with Gasteiger partial charge in [0.25, 0.3) is 0 Å². The molecule has 0 bridgehead atoms. The Morgan fingerprint density at radius 1 is 1.58 bits per heavy atom. The van der Waals surface area contributed by atoms with E-state index < -0.39 is 5.82 Å². The molecule has 1 rings (SSSR count). The highest BCUT2D eigenvalue weighted by atomic mass is 79.9. The molecule has 0 saturated heterocycles. The molecular weight excluding hydrogens is 248 g/mol. The summed E-state index contributed by atoms with van der Waals surface area (Å²) in [5.74, 6) is -0.455. The van der Waals surface area contributed by atoms with Crippen molar-refractivity contribution < 1.29 is 9.60 Å². The summed E-state index contributed by atoms with van der Waals surface area (Å²) in [4.78, 5) is 0. The third-order valence-corrected chi connectivity index (χ3v) is 2.36. The average molecular weight is 254 g/mol. The topological polar surface area (TPSA) is 32.3 Å². The monoisotopic (exact) mass is 253 g/mol. The summed E-state index contributed by atoms with van der Waals surface area (Å²) in [5, 5.41) is 8.66. The van der Waals surface area contributed by atoms with Crippen molar-refractivity contribution in [1.82, 2.24) is 5.48 Å². The molecule has 0 radical (unpaired) electrons. The fraction of sp³-hybridized carbons (Fsp3) is 0.143. The molecule has 12 heavy (non-hydrogen) atoms. The van der Waals surface area contributed by atoms with E-state index in [1.54, 1.807) is 6.07 Å². The molecule has 5 heteroatoms. The lowest BCUT2D eigenvalue weighted by Gasteiger charge is -2.05. The van der Waals surface area contributed by atoms with Gasteiger partial charge < -0.3 is 5.21 Å². The number of hydroxylamine groups is 1. The van der Waals surface area contributed by atoms with Crippen LogP contribution in [0.1, 0.15) is 5.56 Å². The van der Waals surface area contributed by atoms with E-state index in [1.807, 2.05) is 5.48 Å². The van der Waals surface area contributed by atoms with Crippen LogP contribution < -0.4 is 5.48 Å². The Morgan fingerprint density at radius 3 is 2.83 bits per heavy atom. The van der Waals surface area contributed by atoms with Crippen LogP contribution in [0.5, 0.6) is 0 Å². The maximum absolute atomic E-state index is 13.2. The minimum atomic E-state index is -0.455. The molecule has 0 atom stereocenters. The van der Waals surface area contributed by atoms with Crippen LogP contribution in [0.3, 0.4) is 0 Å². The Bertz CT molecular complexity index is 295. The predicted octanol–water partition coefficient (Wildman–Crippen LogP) is 2.72. The van der Waals surface area contributed by atoms with E-state index in [9.17, 15) is 4.39 Å². The number of halogens is 3. The second-order valence-electron chi connectivity index (χ2n) is 2.16. The second-order valence-corrected chi connectivity index (χ2v) is 3.42. The Labute approximate surface area is 82.4 Å². The third-order valence-electron chi connectivity index (χ3n) is 1.39. The summed E-state index contributed by atoms with van der Waals surface area (Å²) in [7, 11) is 0. The summed E-state index contributed by atoms with van der Waals surface area (Å²) in [6, 6.07) is 3.07. The highest BCUT2D eigenvalue weighted by Gasteiger charge is 2.09. The molecule has 0 aromatic heterocycles. The smallest absolute Gasteiger partial charge is 0.143 e. The van der Waals surface area contributed by atoms with Gasteiger partial charge in [-0.05, 0) is 28.1 Å². The zero-order chi connectivity index (χ0) is 9.14. The Hall–Kier alpha value is -0.160. The molecule has 0 aliphatic heterocycles. The Morgan fingerprint density at radius 2 is 2.25 bits per heavy atom. The van der Waals surface area contributed by atoms with Crippen LogP contribution in [-0.2, 0) is 6.54 Å².